The molecule has 0 radical (unpaired) electrons. The highest BCUT2D eigenvalue weighted by molar-refractivity contribution is 5.61. The minimum atomic E-state index is 0.313. The van der Waals surface area contributed by atoms with Gasteiger partial charge >= 0.3 is 0 Å². The molecule has 18 heavy (non-hydrogen) atoms. The topological polar surface area (TPSA) is 95.1 Å². The van der Waals surface area contributed by atoms with Crippen LogP contribution in [0, 0.1) is 0 Å². The minimum Gasteiger partial charge on any atom is -0.381 e. The lowest BCUT2D eigenvalue weighted by atomic mass is 10.1. The lowest BCUT2D eigenvalue weighted by Gasteiger charge is -2.04. The van der Waals surface area contributed by atoms with Gasteiger partial charge in [-0.1, -0.05) is 30.3 Å². The van der Waals surface area contributed by atoms with Gasteiger partial charge in [0.2, 0.25) is 11.6 Å². The maximum Gasteiger partial charge on any atom is 0.226 e. The van der Waals surface area contributed by atoms with Gasteiger partial charge in [-0.15, -0.1) is 10.2 Å². The summed E-state index contributed by atoms with van der Waals surface area (Å²) in [6.07, 6.45) is 2.51. The fourth-order valence-electron chi connectivity index (χ4n) is 1.88. The number of hydrogen-bond donors (Lipinski definition) is 2. The van der Waals surface area contributed by atoms with Gasteiger partial charge in [0.1, 0.15) is 0 Å². The van der Waals surface area contributed by atoms with Crippen LogP contribution in [0.5, 0.6) is 0 Å². The molecular formula is C12H12N6. The van der Waals surface area contributed by atoms with E-state index in [2.05, 4.69) is 15.2 Å². The first-order chi connectivity index (χ1) is 8.74. The predicted molar refractivity (Wildman–Crippen MR) is 68.9 cm³/mol. The van der Waals surface area contributed by atoms with Crippen LogP contribution in [0.2, 0.25) is 0 Å². The van der Waals surface area contributed by atoms with Gasteiger partial charge in [0.15, 0.2) is 5.82 Å². The Morgan fingerprint density at radius 3 is 2.61 bits per heavy atom. The Morgan fingerprint density at radius 2 is 1.83 bits per heavy atom. The number of nitrogens with zero attached hydrogens (tertiary/aromatic N) is 4. The molecule has 0 aliphatic carbocycles. The third kappa shape index (κ3) is 1.73. The van der Waals surface area contributed by atoms with Crippen LogP contribution in [0.1, 0.15) is 11.3 Å². The van der Waals surface area contributed by atoms with Crippen molar-refractivity contribution in [1.82, 2.24) is 19.6 Å². The Balaban J connectivity index is 2.05. The molecule has 90 valence electrons. The Hall–Kier alpha value is -2.63. The van der Waals surface area contributed by atoms with Crippen molar-refractivity contribution in [3.05, 3.63) is 47.8 Å². The molecule has 0 amide bonds. The molecule has 0 aliphatic heterocycles. The van der Waals surface area contributed by atoms with Crippen molar-refractivity contribution in [3.8, 4) is 0 Å². The van der Waals surface area contributed by atoms with Crippen molar-refractivity contribution in [3.63, 3.8) is 0 Å². The minimum absolute atomic E-state index is 0.313. The molecule has 1 aromatic carbocycles. The third-order valence-electron chi connectivity index (χ3n) is 2.72. The first kappa shape index (κ1) is 10.5. The highest BCUT2D eigenvalue weighted by atomic mass is 15.3. The maximum absolute atomic E-state index is 5.83. The molecule has 0 atom stereocenters. The van der Waals surface area contributed by atoms with Crippen LogP contribution in [0.4, 0.5) is 11.8 Å². The average Bonchev–Trinajstić information content (AvgIpc) is 2.73. The molecule has 2 heterocycles. The van der Waals surface area contributed by atoms with E-state index in [0.29, 0.717) is 23.8 Å². The van der Waals surface area contributed by atoms with Crippen molar-refractivity contribution in [1.29, 1.82) is 0 Å². The van der Waals surface area contributed by atoms with E-state index in [0.717, 1.165) is 11.3 Å². The molecule has 0 bridgehead atoms. The summed E-state index contributed by atoms with van der Waals surface area (Å²) in [7, 11) is 0. The lowest BCUT2D eigenvalue weighted by molar-refractivity contribution is 1.02. The second kappa shape index (κ2) is 3.99. The van der Waals surface area contributed by atoms with Crippen LogP contribution >= 0.6 is 0 Å². The summed E-state index contributed by atoms with van der Waals surface area (Å²) in [6.45, 7) is 0. The van der Waals surface area contributed by atoms with E-state index in [4.69, 9.17) is 11.5 Å². The summed E-state index contributed by atoms with van der Waals surface area (Å²) in [5.74, 6) is 0.654. The van der Waals surface area contributed by atoms with E-state index in [1.54, 1.807) is 4.40 Å². The van der Waals surface area contributed by atoms with E-state index in [-0.39, 0.29) is 0 Å². The van der Waals surface area contributed by atoms with Crippen LogP contribution in [0.15, 0.2) is 36.5 Å². The molecule has 4 N–H and O–H groups in total. The number of aromatic nitrogens is 4. The van der Waals surface area contributed by atoms with Crippen molar-refractivity contribution in [2.75, 3.05) is 11.5 Å². The van der Waals surface area contributed by atoms with Crippen molar-refractivity contribution >= 4 is 17.4 Å². The van der Waals surface area contributed by atoms with Gasteiger partial charge < -0.3 is 11.5 Å². The van der Waals surface area contributed by atoms with Crippen LogP contribution in [0.25, 0.3) is 5.65 Å². The standard InChI is InChI=1S/C12H12N6/c13-10-11-16-17-12(14)18(11)7-9(15-10)6-8-4-2-1-3-5-8/h1-5,7H,6H2,(H2,13,15)(H2,14,17). The van der Waals surface area contributed by atoms with E-state index < -0.39 is 0 Å². The molecular weight excluding hydrogens is 228 g/mol. The van der Waals surface area contributed by atoms with E-state index in [1.165, 1.54) is 0 Å². The number of fused-ring (bicyclic) bond motifs is 1. The fraction of sp³-hybridized carbons (Fsp3) is 0.0833. The van der Waals surface area contributed by atoms with Crippen LogP contribution in [-0.2, 0) is 6.42 Å². The molecule has 6 nitrogen and oxygen atoms in total. The van der Waals surface area contributed by atoms with Gasteiger partial charge in [-0.05, 0) is 5.56 Å². The highest BCUT2D eigenvalue weighted by Gasteiger charge is 2.08. The Kier molecular flexibility index (Phi) is 2.33. The lowest BCUT2D eigenvalue weighted by Crippen LogP contribution is -2.04. The second-order valence-electron chi connectivity index (χ2n) is 4.03. The monoisotopic (exact) mass is 240 g/mol. The van der Waals surface area contributed by atoms with E-state index >= 15 is 0 Å². The van der Waals surface area contributed by atoms with Crippen molar-refractivity contribution in [2.24, 2.45) is 0 Å². The average molecular weight is 240 g/mol. The summed E-state index contributed by atoms with van der Waals surface area (Å²) < 4.78 is 1.65. The van der Waals surface area contributed by atoms with E-state index in [1.807, 2.05) is 36.5 Å². The summed E-state index contributed by atoms with van der Waals surface area (Å²) >= 11 is 0. The molecule has 0 aliphatic rings. The van der Waals surface area contributed by atoms with Gasteiger partial charge in [0.05, 0.1) is 5.69 Å². The Morgan fingerprint density at radius 1 is 1.06 bits per heavy atom. The highest BCUT2D eigenvalue weighted by Crippen LogP contribution is 2.14. The summed E-state index contributed by atoms with van der Waals surface area (Å²) in [5.41, 5.74) is 14.0. The molecule has 2 aromatic heterocycles. The second-order valence-corrected chi connectivity index (χ2v) is 4.03. The maximum atomic E-state index is 5.83. The number of nitrogens with two attached hydrogens (primary N) is 2. The van der Waals surface area contributed by atoms with Gasteiger partial charge in [0, 0.05) is 12.6 Å². The molecule has 0 spiro atoms. The van der Waals surface area contributed by atoms with Crippen molar-refractivity contribution < 1.29 is 0 Å². The Labute approximate surface area is 103 Å². The zero-order chi connectivity index (χ0) is 12.5. The van der Waals surface area contributed by atoms with Gasteiger partial charge in [-0.3, -0.25) is 4.40 Å². The largest absolute Gasteiger partial charge is 0.381 e. The van der Waals surface area contributed by atoms with Gasteiger partial charge in [-0.25, -0.2) is 4.98 Å². The molecule has 6 heteroatoms. The van der Waals surface area contributed by atoms with Crippen LogP contribution in [0.3, 0.4) is 0 Å². The van der Waals surface area contributed by atoms with Crippen LogP contribution in [-0.4, -0.2) is 19.6 Å². The first-order valence-electron chi connectivity index (χ1n) is 5.53. The van der Waals surface area contributed by atoms with Gasteiger partial charge in [0.25, 0.3) is 0 Å². The normalized spacial score (nSPS) is 10.9. The first-order valence-corrected chi connectivity index (χ1v) is 5.53. The number of nitrogen functional groups attached to an aromatic ring is 2. The summed E-state index contributed by atoms with van der Waals surface area (Å²) in [4.78, 5) is 4.31. The smallest absolute Gasteiger partial charge is 0.226 e. The number of rotatable bonds is 2. The molecule has 0 unspecified atom stereocenters. The van der Waals surface area contributed by atoms with E-state index in [9.17, 15) is 0 Å². The van der Waals surface area contributed by atoms with Gasteiger partial charge in [-0.2, -0.15) is 0 Å². The zero-order valence-electron chi connectivity index (χ0n) is 9.61. The number of benzene rings is 1. The fourth-order valence-corrected chi connectivity index (χ4v) is 1.88. The number of anilines is 2. The molecule has 0 fully saturated rings. The third-order valence-corrected chi connectivity index (χ3v) is 2.72. The SMILES string of the molecule is Nc1nc(Cc2ccccc2)cn2c(N)nnc12. The summed E-state index contributed by atoms with van der Waals surface area (Å²) in [5, 5.41) is 7.64. The number of hydrogen-bond acceptors (Lipinski definition) is 5. The van der Waals surface area contributed by atoms with Crippen molar-refractivity contribution in [2.45, 2.75) is 6.42 Å². The molecule has 3 rings (SSSR count). The van der Waals surface area contributed by atoms with Crippen LogP contribution < -0.4 is 11.5 Å². The quantitative estimate of drug-likeness (QED) is 0.693. The summed E-state index contributed by atoms with van der Waals surface area (Å²) in [6, 6.07) is 10.0. The predicted octanol–water partition coefficient (Wildman–Crippen LogP) is 0.879. The Bertz CT molecular complexity index is 688. The zero-order valence-corrected chi connectivity index (χ0v) is 9.61. The molecule has 3 aromatic rings. The molecule has 0 saturated heterocycles. The molecule has 0 saturated carbocycles.